The van der Waals surface area contributed by atoms with Crippen molar-refractivity contribution in [2.24, 2.45) is 5.92 Å². The average molecular weight is 222 g/mol. The fraction of sp³-hybridized carbons (Fsp3) is 0.571. The van der Waals surface area contributed by atoms with E-state index in [1.165, 1.54) is 11.1 Å². The van der Waals surface area contributed by atoms with Crippen LogP contribution in [-0.4, -0.2) is 17.8 Å². The summed E-state index contributed by atoms with van der Waals surface area (Å²) in [5, 5.41) is 9.05. The lowest BCUT2D eigenvalue weighted by Gasteiger charge is -2.16. The Bertz CT molecular complexity index is 334. The summed E-state index contributed by atoms with van der Waals surface area (Å²) < 4.78 is 5.75. The van der Waals surface area contributed by atoms with Crippen molar-refractivity contribution in [3.8, 4) is 5.75 Å². The van der Waals surface area contributed by atoms with E-state index < -0.39 is 0 Å². The number of hydrogen-bond donors (Lipinski definition) is 1. The van der Waals surface area contributed by atoms with Gasteiger partial charge in [-0.1, -0.05) is 38.5 Å². The second kappa shape index (κ2) is 5.90. The summed E-state index contributed by atoms with van der Waals surface area (Å²) in [4.78, 5) is 0. The molecule has 1 aliphatic rings. The van der Waals surface area contributed by atoms with Gasteiger partial charge in [-0.3, -0.25) is 0 Å². The molecule has 2 atom stereocenters. The van der Waals surface area contributed by atoms with E-state index in [1.807, 2.05) is 26.8 Å². The van der Waals surface area contributed by atoms with E-state index in [0.29, 0.717) is 0 Å². The van der Waals surface area contributed by atoms with Gasteiger partial charge in [0.25, 0.3) is 0 Å². The molecule has 0 saturated heterocycles. The van der Waals surface area contributed by atoms with Crippen LogP contribution in [0.3, 0.4) is 0 Å². The summed E-state index contributed by atoms with van der Waals surface area (Å²) in [6.07, 6.45) is 1.08. The molecule has 0 bridgehead atoms. The first-order chi connectivity index (χ1) is 7.70. The van der Waals surface area contributed by atoms with Crippen LogP contribution in [0.5, 0.6) is 5.75 Å². The SMILES string of the molecule is CC.Cc1ccc2c(c1)CC(C(C)CO)O2. The summed E-state index contributed by atoms with van der Waals surface area (Å²) in [7, 11) is 0. The van der Waals surface area contributed by atoms with Gasteiger partial charge in [-0.15, -0.1) is 0 Å². The smallest absolute Gasteiger partial charge is 0.123 e. The lowest BCUT2D eigenvalue weighted by Crippen LogP contribution is -2.25. The highest BCUT2D eigenvalue weighted by atomic mass is 16.5. The number of ether oxygens (including phenoxy) is 1. The molecule has 1 aromatic carbocycles. The Morgan fingerprint density at radius 2 is 2.12 bits per heavy atom. The normalized spacial score (nSPS) is 19.2. The van der Waals surface area contributed by atoms with Gasteiger partial charge in [-0.2, -0.15) is 0 Å². The molecule has 0 spiro atoms. The van der Waals surface area contributed by atoms with Gasteiger partial charge >= 0.3 is 0 Å². The van der Waals surface area contributed by atoms with Crippen molar-refractivity contribution in [2.75, 3.05) is 6.61 Å². The van der Waals surface area contributed by atoms with Gasteiger partial charge in [0.05, 0.1) is 0 Å². The lowest BCUT2D eigenvalue weighted by atomic mass is 10.00. The second-order valence-electron chi connectivity index (χ2n) is 4.13. The molecule has 1 N–H and O–H groups in total. The van der Waals surface area contributed by atoms with Crippen molar-refractivity contribution < 1.29 is 9.84 Å². The first-order valence-electron chi connectivity index (χ1n) is 6.07. The molecule has 0 radical (unpaired) electrons. The molecule has 0 aromatic heterocycles. The fourth-order valence-electron chi connectivity index (χ4n) is 1.84. The molecule has 1 aromatic rings. The molecule has 2 heteroatoms. The highest BCUT2D eigenvalue weighted by Crippen LogP contribution is 2.32. The summed E-state index contributed by atoms with van der Waals surface area (Å²) in [5.41, 5.74) is 2.54. The van der Waals surface area contributed by atoms with Crippen molar-refractivity contribution in [1.82, 2.24) is 0 Å². The topological polar surface area (TPSA) is 29.5 Å². The van der Waals surface area contributed by atoms with E-state index in [9.17, 15) is 0 Å². The van der Waals surface area contributed by atoms with E-state index in [2.05, 4.69) is 19.1 Å². The number of aliphatic hydroxyl groups excluding tert-OH is 1. The monoisotopic (exact) mass is 222 g/mol. The number of benzene rings is 1. The third-order valence-corrected chi connectivity index (χ3v) is 2.84. The maximum Gasteiger partial charge on any atom is 0.123 e. The summed E-state index contributed by atoms with van der Waals surface area (Å²) in [6.45, 7) is 8.30. The zero-order chi connectivity index (χ0) is 12.1. The molecule has 2 unspecified atom stereocenters. The standard InChI is InChI=1S/C12H16O2.C2H6/c1-8-3-4-11-10(5-8)6-12(14-11)9(2)7-13;1-2/h3-5,9,12-13H,6-7H2,1-2H3;1-2H3. The van der Waals surface area contributed by atoms with E-state index >= 15 is 0 Å². The molecular formula is C14H22O2. The average Bonchev–Trinajstić information content (AvgIpc) is 2.73. The zero-order valence-electron chi connectivity index (χ0n) is 10.7. The molecular weight excluding hydrogens is 200 g/mol. The summed E-state index contributed by atoms with van der Waals surface area (Å²) in [6, 6.07) is 6.25. The zero-order valence-corrected chi connectivity index (χ0v) is 10.7. The number of aliphatic hydroxyl groups is 1. The van der Waals surface area contributed by atoms with Crippen molar-refractivity contribution in [3.05, 3.63) is 29.3 Å². The summed E-state index contributed by atoms with van der Waals surface area (Å²) >= 11 is 0. The Kier molecular flexibility index (Phi) is 4.81. The predicted molar refractivity (Wildman–Crippen MR) is 66.9 cm³/mol. The fourth-order valence-corrected chi connectivity index (χ4v) is 1.84. The molecule has 0 saturated carbocycles. The maximum atomic E-state index is 9.05. The Balaban J connectivity index is 0.000000606. The van der Waals surface area contributed by atoms with Crippen LogP contribution in [0, 0.1) is 12.8 Å². The Hall–Kier alpha value is -1.02. The molecule has 1 aliphatic heterocycles. The highest BCUT2D eigenvalue weighted by molar-refractivity contribution is 5.40. The molecule has 2 rings (SSSR count). The van der Waals surface area contributed by atoms with Gasteiger partial charge in [0.1, 0.15) is 11.9 Å². The van der Waals surface area contributed by atoms with Crippen LogP contribution < -0.4 is 4.74 Å². The lowest BCUT2D eigenvalue weighted by molar-refractivity contribution is 0.114. The highest BCUT2D eigenvalue weighted by Gasteiger charge is 2.26. The minimum Gasteiger partial charge on any atom is -0.489 e. The van der Waals surface area contributed by atoms with Crippen LogP contribution in [0.2, 0.25) is 0 Å². The molecule has 1 heterocycles. The van der Waals surface area contributed by atoms with Crippen molar-refractivity contribution in [1.29, 1.82) is 0 Å². The molecule has 0 fully saturated rings. The maximum absolute atomic E-state index is 9.05. The molecule has 90 valence electrons. The first-order valence-corrected chi connectivity index (χ1v) is 6.07. The largest absolute Gasteiger partial charge is 0.489 e. The van der Waals surface area contributed by atoms with Gasteiger partial charge in [0.2, 0.25) is 0 Å². The molecule has 0 amide bonds. The predicted octanol–water partition coefficient (Wildman–Crippen LogP) is 2.95. The molecule has 16 heavy (non-hydrogen) atoms. The van der Waals surface area contributed by atoms with E-state index in [1.54, 1.807) is 0 Å². The Labute approximate surface area is 98.3 Å². The molecule has 2 nitrogen and oxygen atoms in total. The minimum atomic E-state index is 0.150. The van der Waals surface area contributed by atoms with Crippen LogP contribution in [0.1, 0.15) is 31.9 Å². The van der Waals surface area contributed by atoms with Crippen molar-refractivity contribution in [3.63, 3.8) is 0 Å². The third-order valence-electron chi connectivity index (χ3n) is 2.84. The number of aryl methyl sites for hydroxylation is 1. The van der Waals surface area contributed by atoms with Gasteiger partial charge in [0, 0.05) is 18.9 Å². The number of rotatable bonds is 2. The van der Waals surface area contributed by atoms with Gasteiger partial charge in [0.15, 0.2) is 0 Å². The quantitative estimate of drug-likeness (QED) is 0.833. The minimum absolute atomic E-state index is 0.150. The molecule has 0 aliphatic carbocycles. The van der Waals surface area contributed by atoms with Gasteiger partial charge in [-0.25, -0.2) is 0 Å². The van der Waals surface area contributed by atoms with E-state index in [0.717, 1.165) is 12.2 Å². The Morgan fingerprint density at radius 3 is 2.75 bits per heavy atom. The number of hydrogen-bond acceptors (Lipinski definition) is 2. The van der Waals surface area contributed by atoms with Crippen LogP contribution in [0.15, 0.2) is 18.2 Å². The van der Waals surface area contributed by atoms with E-state index in [4.69, 9.17) is 9.84 Å². The third kappa shape index (κ3) is 2.76. The van der Waals surface area contributed by atoms with E-state index in [-0.39, 0.29) is 18.6 Å². The van der Waals surface area contributed by atoms with Crippen molar-refractivity contribution in [2.45, 2.75) is 40.2 Å². The van der Waals surface area contributed by atoms with Crippen LogP contribution >= 0.6 is 0 Å². The van der Waals surface area contributed by atoms with Crippen LogP contribution in [0.25, 0.3) is 0 Å². The number of fused-ring (bicyclic) bond motifs is 1. The first kappa shape index (κ1) is 13.0. The van der Waals surface area contributed by atoms with Crippen molar-refractivity contribution >= 4 is 0 Å². The van der Waals surface area contributed by atoms with Crippen LogP contribution in [-0.2, 0) is 6.42 Å². The van der Waals surface area contributed by atoms with Gasteiger partial charge in [-0.05, 0) is 18.6 Å². The van der Waals surface area contributed by atoms with Crippen LogP contribution in [0.4, 0.5) is 0 Å². The Morgan fingerprint density at radius 1 is 1.44 bits per heavy atom. The van der Waals surface area contributed by atoms with Gasteiger partial charge < -0.3 is 9.84 Å². The summed E-state index contributed by atoms with van der Waals surface area (Å²) in [5.74, 6) is 1.20. The second-order valence-corrected chi connectivity index (χ2v) is 4.13.